The SMILES string of the molecule is COC(=O)c1ccc([C@H]2C(C(=O)Nc3ccccc3)=C(C)N=C3SC(C#N)=C(N)N32)cc1. The van der Waals surface area contributed by atoms with Crippen molar-refractivity contribution in [3.63, 3.8) is 0 Å². The molecule has 0 aromatic heterocycles. The summed E-state index contributed by atoms with van der Waals surface area (Å²) in [5.41, 5.74) is 8.94. The Bertz CT molecular complexity index is 1230. The number of anilines is 1. The molecule has 160 valence electrons. The maximum absolute atomic E-state index is 13.4. The second-order valence-corrected chi connectivity index (χ2v) is 8.01. The molecule has 2 aromatic carbocycles. The zero-order chi connectivity index (χ0) is 22.8. The average molecular weight is 446 g/mol. The molecule has 0 aliphatic carbocycles. The molecule has 1 atom stereocenters. The van der Waals surface area contributed by atoms with Crippen molar-refractivity contribution in [1.29, 1.82) is 5.26 Å². The number of esters is 1. The number of methoxy groups -OCH3 is 1. The van der Waals surface area contributed by atoms with Gasteiger partial charge in [-0.25, -0.2) is 9.79 Å². The first-order valence-corrected chi connectivity index (χ1v) is 10.5. The van der Waals surface area contributed by atoms with Crippen molar-refractivity contribution in [1.82, 2.24) is 4.90 Å². The van der Waals surface area contributed by atoms with Crippen molar-refractivity contribution in [3.05, 3.63) is 87.7 Å². The number of nitrogens with two attached hydrogens (primary N) is 1. The summed E-state index contributed by atoms with van der Waals surface area (Å²) < 4.78 is 4.77. The highest BCUT2D eigenvalue weighted by Gasteiger charge is 2.42. The van der Waals surface area contributed by atoms with Crippen LogP contribution in [0.4, 0.5) is 5.69 Å². The summed E-state index contributed by atoms with van der Waals surface area (Å²) in [6.45, 7) is 1.75. The van der Waals surface area contributed by atoms with Gasteiger partial charge in [0.2, 0.25) is 0 Å². The fourth-order valence-electron chi connectivity index (χ4n) is 3.59. The number of hydrogen-bond donors (Lipinski definition) is 2. The number of carbonyl (C=O) groups is 2. The van der Waals surface area contributed by atoms with Crippen LogP contribution in [0, 0.1) is 11.3 Å². The summed E-state index contributed by atoms with van der Waals surface area (Å²) in [5.74, 6) is -0.559. The molecule has 2 heterocycles. The highest BCUT2D eigenvalue weighted by atomic mass is 32.2. The largest absolute Gasteiger partial charge is 0.465 e. The lowest BCUT2D eigenvalue weighted by molar-refractivity contribution is -0.113. The molecular formula is C23H19N5O3S. The van der Waals surface area contributed by atoms with Gasteiger partial charge in [0.1, 0.15) is 16.8 Å². The maximum Gasteiger partial charge on any atom is 0.337 e. The number of para-hydroxylation sites is 1. The number of fused-ring (bicyclic) bond motifs is 1. The smallest absolute Gasteiger partial charge is 0.337 e. The standard InChI is InChI=1S/C23H19N5O3S/c1-13-18(21(29)27-16-6-4-3-5-7-16)19(14-8-10-15(11-9-14)22(30)31-2)28-20(25)17(12-24)32-23(28)26-13/h3-11,19H,25H2,1-2H3,(H,27,29)/t19-/m0/s1. The number of amides is 1. The molecule has 8 nitrogen and oxygen atoms in total. The topological polar surface area (TPSA) is 121 Å². The molecular weight excluding hydrogens is 426 g/mol. The summed E-state index contributed by atoms with van der Waals surface area (Å²) in [7, 11) is 1.31. The van der Waals surface area contributed by atoms with Gasteiger partial charge in [-0.05, 0) is 48.5 Å². The van der Waals surface area contributed by atoms with E-state index in [9.17, 15) is 14.9 Å². The fourth-order valence-corrected chi connectivity index (χ4v) is 4.50. The molecule has 0 unspecified atom stereocenters. The quantitative estimate of drug-likeness (QED) is 0.691. The zero-order valence-corrected chi connectivity index (χ0v) is 18.1. The van der Waals surface area contributed by atoms with Gasteiger partial charge in [0.05, 0.1) is 30.0 Å². The Labute approximate surface area is 189 Å². The molecule has 4 rings (SSSR count). The van der Waals surface area contributed by atoms with Gasteiger partial charge in [0.25, 0.3) is 5.91 Å². The number of aliphatic imine (C=N–C) groups is 1. The van der Waals surface area contributed by atoms with E-state index in [0.29, 0.717) is 38.2 Å². The predicted octanol–water partition coefficient (Wildman–Crippen LogP) is 3.50. The minimum Gasteiger partial charge on any atom is -0.465 e. The number of carbonyl (C=O) groups excluding carboxylic acids is 2. The van der Waals surface area contributed by atoms with E-state index < -0.39 is 12.0 Å². The van der Waals surface area contributed by atoms with E-state index in [-0.39, 0.29) is 11.7 Å². The van der Waals surface area contributed by atoms with E-state index in [2.05, 4.69) is 16.4 Å². The number of hydrogen-bond acceptors (Lipinski definition) is 8. The number of nitriles is 1. The Balaban J connectivity index is 1.80. The third kappa shape index (κ3) is 3.72. The number of nitrogens with zero attached hydrogens (tertiary/aromatic N) is 3. The van der Waals surface area contributed by atoms with Gasteiger partial charge < -0.3 is 15.8 Å². The van der Waals surface area contributed by atoms with E-state index in [1.807, 2.05) is 18.2 Å². The Morgan fingerprint density at radius 1 is 1.19 bits per heavy atom. The molecule has 0 saturated carbocycles. The molecule has 1 amide bonds. The van der Waals surface area contributed by atoms with Gasteiger partial charge in [0.15, 0.2) is 5.17 Å². The highest BCUT2D eigenvalue weighted by Crippen LogP contribution is 2.45. The van der Waals surface area contributed by atoms with Gasteiger partial charge in [-0.1, -0.05) is 30.3 Å². The molecule has 32 heavy (non-hydrogen) atoms. The number of rotatable bonds is 4. The molecule has 0 spiro atoms. The van der Waals surface area contributed by atoms with Gasteiger partial charge in [-0.3, -0.25) is 9.69 Å². The van der Waals surface area contributed by atoms with E-state index in [4.69, 9.17) is 10.5 Å². The van der Waals surface area contributed by atoms with Crippen molar-refractivity contribution in [2.75, 3.05) is 12.4 Å². The van der Waals surface area contributed by atoms with Crippen molar-refractivity contribution < 1.29 is 14.3 Å². The van der Waals surface area contributed by atoms with Crippen LogP contribution in [0.2, 0.25) is 0 Å². The van der Waals surface area contributed by atoms with E-state index in [0.717, 1.165) is 11.8 Å². The summed E-state index contributed by atoms with van der Waals surface area (Å²) in [6, 6.07) is 17.3. The molecule has 2 aliphatic heterocycles. The first-order chi connectivity index (χ1) is 15.4. The van der Waals surface area contributed by atoms with Crippen LogP contribution in [0.25, 0.3) is 0 Å². The van der Waals surface area contributed by atoms with Crippen LogP contribution < -0.4 is 11.1 Å². The molecule has 2 aliphatic rings. The Morgan fingerprint density at radius 2 is 1.88 bits per heavy atom. The minimum absolute atomic E-state index is 0.232. The van der Waals surface area contributed by atoms with Crippen molar-refractivity contribution in [2.24, 2.45) is 10.7 Å². The number of nitrogens with one attached hydrogen (secondary N) is 1. The van der Waals surface area contributed by atoms with E-state index in [1.165, 1.54) is 7.11 Å². The monoisotopic (exact) mass is 445 g/mol. The molecule has 0 radical (unpaired) electrons. The highest BCUT2D eigenvalue weighted by molar-refractivity contribution is 8.17. The Hall–Kier alpha value is -4.03. The maximum atomic E-state index is 13.4. The predicted molar refractivity (Wildman–Crippen MR) is 122 cm³/mol. The first kappa shape index (κ1) is 21.2. The normalized spacial score (nSPS) is 17.5. The first-order valence-electron chi connectivity index (χ1n) is 9.65. The Kier molecular flexibility index (Phi) is 5.71. The van der Waals surface area contributed by atoms with Gasteiger partial charge in [-0.15, -0.1) is 0 Å². The van der Waals surface area contributed by atoms with Gasteiger partial charge >= 0.3 is 5.97 Å². The summed E-state index contributed by atoms with van der Waals surface area (Å²) in [4.78, 5) is 31.8. The summed E-state index contributed by atoms with van der Waals surface area (Å²) in [5, 5.41) is 12.9. The summed E-state index contributed by atoms with van der Waals surface area (Å²) in [6.07, 6.45) is 0. The zero-order valence-electron chi connectivity index (χ0n) is 17.3. The van der Waals surface area contributed by atoms with Crippen LogP contribution in [0.5, 0.6) is 0 Å². The van der Waals surface area contributed by atoms with Crippen LogP contribution in [0.1, 0.15) is 28.9 Å². The molecule has 3 N–H and O–H groups in total. The third-order valence-corrected chi connectivity index (χ3v) is 6.08. The number of benzene rings is 2. The number of ether oxygens (including phenoxy) is 1. The lowest BCUT2D eigenvalue weighted by Gasteiger charge is -2.35. The van der Waals surface area contributed by atoms with Crippen LogP contribution in [0.15, 0.2) is 81.6 Å². The second-order valence-electron chi connectivity index (χ2n) is 7.03. The van der Waals surface area contributed by atoms with E-state index >= 15 is 0 Å². The van der Waals surface area contributed by atoms with Crippen LogP contribution in [-0.4, -0.2) is 29.1 Å². The lowest BCUT2D eigenvalue weighted by Crippen LogP contribution is -2.39. The lowest BCUT2D eigenvalue weighted by atomic mass is 9.93. The Morgan fingerprint density at radius 3 is 2.50 bits per heavy atom. The third-order valence-electron chi connectivity index (χ3n) is 5.10. The summed E-state index contributed by atoms with van der Waals surface area (Å²) >= 11 is 1.16. The molecule has 0 saturated heterocycles. The van der Waals surface area contributed by atoms with Crippen LogP contribution in [-0.2, 0) is 9.53 Å². The molecule has 9 heteroatoms. The molecule has 2 aromatic rings. The van der Waals surface area contributed by atoms with E-state index in [1.54, 1.807) is 48.2 Å². The molecule has 0 bridgehead atoms. The molecule has 0 fully saturated rings. The van der Waals surface area contributed by atoms with Crippen molar-refractivity contribution in [2.45, 2.75) is 13.0 Å². The number of amidine groups is 1. The van der Waals surface area contributed by atoms with Crippen LogP contribution in [0.3, 0.4) is 0 Å². The number of allylic oxidation sites excluding steroid dienone is 2. The number of thioether (sulfide) groups is 1. The second kappa shape index (κ2) is 8.61. The van der Waals surface area contributed by atoms with Crippen molar-refractivity contribution >= 4 is 34.5 Å². The minimum atomic E-state index is -0.628. The average Bonchev–Trinajstić information content (AvgIpc) is 3.13. The van der Waals surface area contributed by atoms with Crippen LogP contribution >= 0.6 is 11.8 Å². The van der Waals surface area contributed by atoms with Crippen molar-refractivity contribution in [3.8, 4) is 6.07 Å². The van der Waals surface area contributed by atoms with Gasteiger partial charge in [-0.2, -0.15) is 5.26 Å². The van der Waals surface area contributed by atoms with Gasteiger partial charge in [0, 0.05) is 5.69 Å². The fraction of sp³-hybridized carbons (Fsp3) is 0.130.